The van der Waals surface area contributed by atoms with Crippen LogP contribution in [0.15, 0.2) is 59.4 Å². The molecular weight excluding hydrogens is 322 g/mol. The van der Waals surface area contributed by atoms with Gasteiger partial charge >= 0.3 is 0 Å². The van der Waals surface area contributed by atoms with E-state index in [2.05, 4.69) is 46.7 Å². The van der Waals surface area contributed by atoms with Crippen LogP contribution in [0.1, 0.15) is 24.0 Å². The SMILES string of the molecule is N#CCc1cccc(C2=CC3C=CN=CC3C(OC3CCNCC3)=C2)c1. The Hall–Kier alpha value is -2.64. The first-order valence-electron chi connectivity index (χ1n) is 9.30. The van der Waals surface area contributed by atoms with Crippen LogP contribution in [0.3, 0.4) is 0 Å². The Bertz CT molecular complexity index is 822. The summed E-state index contributed by atoms with van der Waals surface area (Å²) in [6.45, 7) is 2.03. The maximum atomic E-state index is 8.97. The van der Waals surface area contributed by atoms with Gasteiger partial charge in [0.2, 0.25) is 0 Å². The van der Waals surface area contributed by atoms with E-state index in [-0.39, 0.29) is 17.9 Å². The van der Waals surface area contributed by atoms with E-state index < -0.39 is 0 Å². The van der Waals surface area contributed by atoms with Crippen molar-refractivity contribution in [2.24, 2.45) is 16.8 Å². The van der Waals surface area contributed by atoms with Crippen LogP contribution in [0.2, 0.25) is 0 Å². The lowest BCUT2D eigenvalue weighted by atomic mass is 9.82. The van der Waals surface area contributed by atoms with Crippen molar-refractivity contribution in [1.82, 2.24) is 5.32 Å². The summed E-state index contributed by atoms with van der Waals surface area (Å²) in [7, 11) is 0. The highest BCUT2D eigenvalue weighted by Gasteiger charge is 2.30. The number of nitriles is 1. The maximum Gasteiger partial charge on any atom is 0.106 e. The van der Waals surface area contributed by atoms with Gasteiger partial charge in [-0.25, -0.2) is 0 Å². The molecule has 0 aromatic heterocycles. The minimum absolute atomic E-state index is 0.181. The maximum absolute atomic E-state index is 8.97. The normalized spacial score (nSPS) is 25.0. The van der Waals surface area contributed by atoms with Crippen LogP contribution < -0.4 is 5.32 Å². The Morgan fingerprint density at radius 2 is 2.15 bits per heavy atom. The molecule has 1 aliphatic carbocycles. The number of nitrogens with one attached hydrogen (secondary N) is 1. The van der Waals surface area contributed by atoms with Crippen molar-refractivity contribution in [3.05, 3.63) is 65.6 Å². The number of piperidine rings is 1. The first-order chi connectivity index (χ1) is 12.8. The van der Waals surface area contributed by atoms with Gasteiger partial charge in [0, 0.05) is 18.3 Å². The van der Waals surface area contributed by atoms with Gasteiger partial charge in [0.15, 0.2) is 0 Å². The lowest BCUT2D eigenvalue weighted by Crippen LogP contribution is -2.34. The van der Waals surface area contributed by atoms with E-state index >= 15 is 0 Å². The van der Waals surface area contributed by atoms with Gasteiger partial charge in [-0.2, -0.15) is 5.26 Å². The lowest BCUT2D eigenvalue weighted by Gasteiger charge is -2.32. The number of nitrogens with zero attached hydrogens (tertiary/aromatic N) is 2. The summed E-state index contributed by atoms with van der Waals surface area (Å²) in [5.41, 5.74) is 3.34. The molecule has 0 bridgehead atoms. The Labute approximate surface area is 154 Å². The second kappa shape index (κ2) is 7.72. The molecule has 26 heavy (non-hydrogen) atoms. The molecular formula is C22H23N3O. The Morgan fingerprint density at radius 3 is 3.00 bits per heavy atom. The number of hydrogen-bond acceptors (Lipinski definition) is 4. The molecule has 1 aromatic carbocycles. The predicted octanol–water partition coefficient (Wildman–Crippen LogP) is 3.63. The van der Waals surface area contributed by atoms with E-state index in [0.29, 0.717) is 6.42 Å². The highest BCUT2D eigenvalue weighted by Crippen LogP contribution is 2.36. The van der Waals surface area contributed by atoms with Crippen LogP contribution >= 0.6 is 0 Å². The van der Waals surface area contributed by atoms with E-state index in [4.69, 9.17) is 10.00 Å². The molecule has 2 aliphatic heterocycles. The highest BCUT2D eigenvalue weighted by atomic mass is 16.5. The van der Waals surface area contributed by atoms with Gasteiger partial charge in [0.05, 0.1) is 18.4 Å². The summed E-state index contributed by atoms with van der Waals surface area (Å²) in [6, 6.07) is 10.5. The summed E-state index contributed by atoms with van der Waals surface area (Å²) in [6.07, 6.45) is 13.2. The number of rotatable bonds is 4. The minimum atomic E-state index is 0.181. The lowest BCUT2D eigenvalue weighted by molar-refractivity contribution is 0.0735. The molecule has 1 saturated heterocycles. The quantitative estimate of drug-likeness (QED) is 0.906. The van der Waals surface area contributed by atoms with Crippen LogP contribution in [-0.4, -0.2) is 25.4 Å². The smallest absolute Gasteiger partial charge is 0.106 e. The van der Waals surface area contributed by atoms with Crippen LogP contribution in [0.5, 0.6) is 0 Å². The molecule has 1 aromatic rings. The van der Waals surface area contributed by atoms with Crippen molar-refractivity contribution in [3.8, 4) is 6.07 Å². The molecule has 132 valence electrons. The molecule has 0 saturated carbocycles. The predicted molar refractivity (Wildman–Crippen MR) is 103 cm³/mol. The summed E-state index contributed by atoms with van der Waals surface area (Å²) in [4.78, 5) is 4.34. The average Bonchev–Trinajstić information content (AvgIpc) is 2.69. The van der Waals surface area contributed by atoms with Gasteiger partial charge in [-0.3, -0.25) is 4.99 Å². The number of benzene rings is 1. The van der Waals surface area contributed by atoms with Crippen LogP contribution in [-0.2, 0) is 11.2 Å². The largest absolute Gasteiger partial charge is 0.494 e. The van der Waals surface area contributed by atoms with Crippen LogP contribution in [0.25, 0.3) is 5.57 Å². The monoisotopic (exact) mass is 345 g/mol. The van der Waals surface area contributed by atoms with Crippen LogP contribution in [0, 0.1) is 23.2 Å². The van der Waals surface area contributed by atoms with Crippen LogP contribution in [0.4, 0.5) is 0 Å². The molecule has 4 heteroatoms. The first kappa shape index (κ1) is 16.8. The molecule has 0 radical (unpaired) electrons. The molecule has 3 aliphatic rings. The summed E-state index contributed by atoms with van der Waals surface area (Å²) < 4.78 is 6.43. The highest BCUT2D eigenvalue weighted by molar-refractivity contribution is 5.80. The van der Waals surface area contributed by atoms with Gasteiger partial charge < -0.3 is 10.1 Å². The second-order valence-corrected chi connectivity index (χ2v) is 7.01. The van der Waals surface area contributed by atoms with Crippen molar-refractivity contribution in [1.29, 1.82) is 5.26 Å². The van der Waals surface area contributed by atoms with Crippen molar-refractivity contribution in [3.63, 3.8) is 0 Å². The zero-order valence-electron chi connectivity index (χ0n) is 14.8. The topological polar surface area (TPSA) is 57.4 Å². The molecule has 1 fully saturated rings. The number of ether oxygens (including phenoxy) is 1. The van der Waals surface area contributed by atoms with Crippen molar-refractivity contribution >= 4 is 11.8 Å². The number of aliphatic imine (C=N–C) groups is 1. The van der Waals surface area contributed by atoms with Gasteiger partial charge in [0.1, 0.15) is 11.9 Å². The Kier molecular flexibility index (Phi) is 4.99. The molecule has 0 spiro atoms. The average molecular weight is 345 g/mol. The number of allylic oxidation sites excluding steroid dienone is 5. The van der Waals surface area contributed by atoms with Gasteiger partial charge in [-0.1, -0.05) is 36.4 Å². The second-order valence-electron chi connectivity index (χ2n) is 7.01. The molecule has 4 nitrogen and oxygen atoms in total. The van der Waals surface area contributed by atoms with Gasteiger partial charge in [-0.15, -0.1) is 0 Å². The third-order valence-electron chi connectivity index (χ3n) is 5.19. The summed E-state index contributed by atoms with van der Waals surface area (Å²) >= 11 is 0. The Balaban J connectivity index is 1.64. The van der Waals surface area contributed by atoms with Crippen molar-refractivity contribution in [2.75, 3.05) is 13.1 Å². The Morgan fingerprint density at radius 1 is 1.27 bits per heavy atom. The fourth-order valence-electron chi connectivity index (χ4n) is 3.79. The summed E-state index contributed by atoms with van der Waals surface area (Å²) in [5.74, 6) is 1.46. The van der Waals surface area contributed by atoms with Gasteiger partial charge in [-0.05, 0) is 48.7 Å². The zero-order valence-corrected chi connectivity index (χ0v) is 14.8. The van der Waals surface area contributed by atoms with E-state index in [1.165, 1.54) is 0 Å². The third kappa shape index (κ3) is 3.63. The fourth-order valence-corrected chi connectivity index (χ4v) is 3.79. The molecule has 1 N–H and O–H groups in total. The molecule has 0 amide bonds. The zero-order chi connectivity index (χ0) is 17.8. The van der Waals surface area contributed by atoms with Crippen molar-refractivity contribution in [2.45, 2.75) is 25.4 Å². The van der Waals surface area contributed by atoms with E-state index in [1.807, 2.05) is 24.5 Å². The minimum Gasteiger partial charge on any atom is -0.494 e. The van der Waals surface area contributed by atoms with E-state index in [0.717, 1.165) is 48.4 Å². The fraction of sp³-hybridized carbons (Fsp3) is 0.364. The van der Waals surface area contributed by atoms with Crippen molar-refractivity contribution < 1.29 is 4.74 Å². The summed E-state index contributed by atoms with van der Waals surface area (Å²) in [5, 5.41) is 12.4. The number of hydrogen-bond donors (Lipinski definition) is 1. The first-order valence-corrected chi connectivity index (χ1v) is 9.30. The molecule has 2 atom stereocenters. The molecule has 4 rings (SSSR count). The standard InChI is InChI=1S/C22H23N3O/c23-8-4-16-2-1-3-17(12-16)19-13-18-5-9-25-15-21(18)22(14-19)26-20-6-10-24-11-7-20/h1-3,5,9,12-15,18,20-21,24H,4,6-7,10-11H2. The van der Waals surface area contributed by atoms with E-state index in [1.54, 1.807) is 0 Å². The number of fused-ring (bicyclic) bond motifs is 1. The third-order valence-corrected chi connectivity index (χ3v) is 5.19. The van der Waals surface area contributed by atoms with Gasteiger partial charge in [0.25, 0.3) is 0 Å². The van der Waals surface area contributed by atoms with E-state index in [9.17, 15) is 0 Å². The molecule has 2 unspecified atom stereocenters. The molecule has 2 heterocycles.